The molecule has 0 rings (SSSR count). The Hall–Kier alpha value is -0.333. The van der Waals surface area contributed by atoms with Crippen LogP contribution in [0.5, 0.6) is 0 Å². The minimum Gasteiger partial charge on any atom is -0.512 e. The fourth-order valence-corrected chi connectivity index (χ4v) is 0. The molecule has 0 aliphatic heterocycles. The third-order valence-electron chi connectivity index (χ3n) is 0. The van der Waals surface area contributed by atoms with E-state index in [1.807, 2.05) is 0 Å². The van der Waals surface area contributed by atoms with E-state index in [1.54, 1.807) is 0 Å². The molecule has 10 heteroatoms. The standard InChI is InChI=1S/6CN.3Ag.Co/c6*1-2;;;;/q6*-1;3*+1;+3. The van der Waals surface area contributed by atoms with Gasteiger partial charge in [0.25, 0.3) is 0 Å². The molecular weight excluding hydrogens is 539 g/mol. The molecule has 0 unspecified atom stereocenters. The molecule has 0 aliphatic carbocycles. The van der Waals surface area contributed by atoms with Crippen LogP contribution in [0.1, 0.15) is 0 Å². The first-order valence-electron chi connectivity index (χ1n) is 1.34. The zero-order valence-electron chi connectivity index (χ0n) is 6.92. The van der Waals surface area contributed by atoms with Crippen molar-refractivity contribution in [3.8, 4) is 0 Å². The first kappa shape index (κ1) is 105. The monoisotopic (exact) mass is 536 g/mol. The SMILES string of the molecule is [Ag+].[Ag+].[Ag+].[C-]#N.[C-]#N.[C-]#N.[C-]#N.[C-]#N.[C-]#N.[Co+3]. The second kappa shape index (κ2) is 24700. The van der Waals surface area contributed by atoms with Crippen LogP contribution in [0, 0.1) is 71.0 Å². The van der Waals surface area contributed by atoms with Crippen molar-refractivity contribution >= 4 is 0 Å². The van der Waals surface area contributed by atoms with Crippen LogP contribution in [0.15, 0.2) is 0 Å². The van der Waals surface area contributed by atoms with E-state index in [0.29, 0.717) is 0 Å². The van der Waals surface area contributed by atoms with E-state index < -0.39 is 0 Å². The van der Waals surface area contributed by atoms with Crippen LogP contribution < -0.4 is 0 Å². The molecule has 0 radical (unpaired) electrons. The Balaban J connectivity index is -0.00000000321. The second-order valence-electron chi connectivity index (χ2n) is 0. The Kier molecular flexibility index (Phi) is 162000. The average molecular weight is 539 g/mol. The molecule has 16 heavy (non-hydrogen) atoms. The van der Waals surface area contributed by atoms with E-state index in [9.17, 15) is 0 Å². The summed E-state index contributed by atoms with van der Waals surface area (Å²) >= 11 is 0. The molecule has 0 saturated heterocycles. The summed E-state index contributed by atoms with van der Waals surface area (Å²) in [6.45, 7) is 28.5. The molecule has 0 aromatic heterocycles. The number of nitrogens with zero attached hydrogens (tertiary/aromatic N) is 6. The van der Waals surface area contributed by atoms with Crippen molar-refractivity contribution in [3.05, 3.63) is 39.4 Å². The van der Waals surface area contributed by atoms with Crippen LogP contribution in [0.3, 0.4) is 0 Å². The second-order valence-corrected chi connectivity index (χ2v) is 0. The number of rotatable bonds is 0. The molecule has 0 N–H and O–H groups in total. The topological polar surface area (TPSA) is 143 Å². The van der Waals surface area contributed by atoms with Gasteiger partial charge in [0, 0.05) is 0 Å². The van der Waals surface area contributed by atoms with Gasteiger partial charge in [-0.05, 0) is 0 Å². The summed E-state index contributed by atoms with van der Waals surface area (Å²) in [6, 6.07) is 0. The van der Waals surface area contributed by atoms with Gasteiger partial charge in [-0.25, -0.2) is 0 Å². The summed E-state index contributed by atoms with van der Waals surface area (Å²) < 4.78 is 0. The predicted molar refractivity (Wildman–Crippen MR) is 29.8 cm³/mol. The van der Waals surface area contributed by atoms with Crippen LogP contribution in [0.2, 0.25) is 0 Å². The fourth-order valence-electron chi connectivity index (χ4n) is 0. The Bertz CT molecular complexity index is 103. The molecule has 0 fully saturated rings. The smallest absolute Gasteiger partial charge is 0.512 e. The summed E-state index contributed by atoms with van der Waals surface area (Å²) in [5.74, 6) is 0. The quantitative estimate of drug-likeness (QED) is 0.326. The molecule has 0 aromatic rings. The van der Waals surface area contributed by atoms with Gasteiger partial charge in [0.1, 0.15) is 0 Å². The molecule has 0 atom stereocenters. The fraction of sp³-hybridized carbons (Fsp3) is 0. The summed E-state index contributed by atoms with van der Waals surface area (Å²) in [7, 11) is 0. The molecule has 6 nitrogen and oxygen atoms in total. The van der Waals surface area contributed by atoms with Gasteiger partial charge in [-0.3, -0.25) is 0 Å². The van der Waals surface area contributed by atoms with E-state index in [0.717, 1.165) is 0 Å². The zero-order chi connectivity index (χ0) is 12.0. The van der Waals surface area contributed by atoms with Crippen molar-refractivity contribution < 1.29 is 83.9 Å². The average Bonchev–Trinajstić information content (AvgIpc) is 2.33. The van der Waals surface area contributed by atoms with E-state index in [-0.39, 0.29) is 83.9 Å². The third kappa shape index (κ3) is 19800. The minimum absolute atomic E-state index is 0. The maximum Gasteiger partial charge on any atom is 3.00 e. The first-order valence-corrected chi connectivity index (χ1v) is 1.34. The molecular formula is C6Ag3CoN6. The van der Waals surface area contributed by atoms with Crippen LogP contribution >= 0.6 is 0 Å². The van der Waals surface area contributed by atoms with Gasteiger partial charge in [-0.2, -0.15) is 0 Å². The van der Waals surface area contributed by atoms with Crippen molar-refractivity contribution in [3.63, 3.8) is 0 Å². The Morgan fingerprint density at radius 1 is 0.312 bits per heavy atom. The Morgan fingerprint density at radius 2 is 0.312 bits per heavy atom. The maximum absolute atomic E-state index is 6.25. The van der Waals surface area contributed by atoms with Gasteiger partial charge in [0.2, 0.25) is 0 Å². The van der Waals surface area contributed by atoms with Gasteiger partial charge in [-0.15, -0.1) is 0 Å². The molecule has 0 aliphatic rings. The summed E-state index contributed by atoms with van der Waals surface area (Å²) in [6.07, 6.45) is 0. The van der Waals surface area contributed by atoms with Crippen molar-refractivity contribution in [2.24, 2.45) is 0 Å². The maximum atomic E-state index is 6.25. The summed E-state index contributed by atoms with van der Waals surface area (Å²) in [5, 5.41) is 37.5. The van der Waals surface area contributed by atoms with Gasteiger partial charge < -0.3 is 71.0 Å². The Morgan fingerprint density at radius 3 is 0.312 bits per heavy atom. The normalized spacial score (nSPS) is 0.750. The van der Waals surface area contributed by atoms with E-state index in [1.165, 1.54) is 0 Å². The van der Waals surface area contributed by atoms with Crippen LogP contribution in [-0.2, 0) is 83.9 Å². The van der Waals surface area contributed by atoms with Crippen molar-refractivity contribution in [1.82, 2.24) is 0 Å². The van der Waals surface area contributed by atoms with Crippen LogP contribution in [-0.4, -0.2) is 0 Å². The van der Waals surface area contributed by atoms with Gasteiger partial charge >= 0.3 is 83.9 Å². The van der Waals surface area contributed by atoms with Gasteiger partial charge in [-0.1, -0.05) is 0 Å². The largest absolute Gasteiger partial charge is 3.00 e. The zero-order valence-corrected chi connectivity index (χ0v) is 12.4. The van der Waals surface area contributed by atoms with Crippen molar-refractivity contribution in [1.29, 1.82) is 31.6 Å². The molecule has 96 valence electrons. The molecule has 0 heterocycles. The summed E-state index contributed by atoms with van der Waals surface area (Å²) in [5.41, 5.74) is 0. The number of hydrogen-bond acceptors (Lipinski definition) is 6. The molecule has 0 amide bonds. The number of hydrogen-bond donors (Lipinski definition) is 0. The van der Waals surface area contributed by atoms with Gasteiger partial charge in [0.15, 0.2) is 0 Å². The molecule has 0 spiro atoms. The predicted octanol–water partition coefficient (Wildman–Crippen LogP) is 0.568. The molecule has 0 bridgehead atoms. The van der Waals surface area contributed by atoms with Crippen LogP contribution in [0.25, 0.3) is 0 Å². The van der Waals surface area contributed by atoms with Gasteiger partial charge in [0.05, 0.1) is 0 Å². The Labute approximate surface area is 153 Å². The molecule has 0 aromatic carbocycles. The minimum atomic E-state index is 0. The van der Waals surface area contributed by atoms with E-state index in [4.69, 9.17) is 71.0 Å². The van der Waals surface area contributed by atoms with Crippen LogP contribution in [0.4, 0.5) is 0 Å². The van der Waals surface area contributed by atoms with Crippen molar-refractivity contribution in [2.75, 3.05) is 0 Å². The molecule has 0 saturated carbocycles. The third-order valence-corrected chi connectivity index (χ3v) is 0. The first-order chi connectivity index (χ1) is 6.00. The summed E-state index contributed by atoms with van der Waals surface area (Å²) in [4.78, 5) is 0. The van der Waals surface area contributed by atoms with Crippen molar-refractivity contribution in [2.45, 2.75) is 0 Å². The van der Waals surface area contributed by atoms with E-state index in [2.05, 4.69) is 0 Å². The van der Waals surface area contributed by atoms with E-state index >= 15 is 0 Å².